The molecule has 6 atom stereocenters. The Labute approximate surface area is 498 Å². The van der Waals surface area contributed by atoms with Gasteiger partial charge >= 0.3 is 39.5 Å². The number of aliphatic hydroxyl groups excluding tert-OH is 1. The largest absolute Gasteiger partial charge is 0.472 e. The number of phosphoric ester groups is 2. The van der Waals surface area contributed by atoms with Gasteiger partial charge in [0.05, 0.1) is 26.4 Å². The Morgan fingerprint density at radius 1 is 0.354 bits per heavy atom. The zero-order valence-corrected chi connectivity index (χ0v) is 54.6. The summed E-state index contributed by atoms with van der Waals surface area (Å²) >= 11 is 0. The molecule has 0 aliphatic heterocycles. The molecule has 0 rings (SSSR count). The minimum absolute atomic E-state index is 0.104. The van der Waals surface area contributed by atoms with Crippen LogP contribution in [0, 0.1) is 11.8 Å². The molecule has 0 heterocycles. The maximum Gasteiger partial charge on any atom is 0.472 e. The van der Waals surface area contributed by atoms with E-state index in [1.54, 1.807) is 0 Å². The Hall–Kier alpha value is -1.94. The number of hydrogen-bond acceptors (Lipinski definition) is 15. The molecular formula is C63H122O17P2. The molecule has 0 saturated carbocycles. The predicted octanol–water partition coefficient (Wildman–Crippen LogP) is 17.3. The van der Waals surface area contributed by atoms with E-state index in [4.69, 9.17) is 37.0 Å². The molecule has 0 aromatic rings. The number of unbranched alkanes of at least 4 members (excludes halogenated alkanes) is 31. The van der Waals surface area contributed by atoms with Gasteiger partial charge in [0.1, 0.15) is 19.3 Å². The Balaban J connectivity index is 5.25. The van der Waals surface area contributed by atoms with Gasteiger partial charge in [0, 0.05) is 25.7 Å². The smallest absolute Gasteiger partial charge is 0.462 e. The van der Waals surface area contributed by atoms with E-state index < -0.39 is 97.5 Å². The van der Waals surface area contributed by atoms with Gasteiger partial charge in [-0.2, -0.15) is 0 Å². The van der Waals surface area contributed by atoms with Crippen molar-refractivity contribution >= 4 is 39.5 Å². The summed E-state index contributed by atoms with van der Waals surface area (Å²) in [4.78, 5) is 72.1. The van der Waals surface area contributed by atoms with Crippen molar-refractivity contribution < 1.29 is 80.2 Å². The molecule has 3 N–H and O–H groups in total. The monoisotopic (exact) mass is 1210 g/mol. The van der Waals surface area contributed by atoms with Crippen LogP contribution >= 0.6 is 15.6 Å². The Bertz CT molecular complexity index is 1620. The lowest BCUT2D eigenvalue weighted by molar-refractivity contribution is -0.161. The number of ether oxygens (including phenoxy) is 4. The molecule has 0 aliphatic rings. The van der Waals surface area contributed by atoms with Crippen molar-refractivity contribution in [3.8, 4) is 0 Å². The highest BCUT2D eigenvalue weighted by Gasteiger charge is 2.30. The molecule has 0 amide bonds. The van der Waals surface area contributed by atoms with Crippen LogP contribution in [0.15, 0.2) is 0 Å². The second kappa shape index (κ2) is 55.6. The van der Waals surface area contributed by atoms with Gasteiger partial charge in [0.15, 0.2) is 12.2 Å². The second-order valence-electron chi connectivity index (χ2n) is 23.5. The summed E-state index contributed by atoms with van der Waals surface area (Å²) in [6.07, 6.45) is 37.5. The van der Waals surface area contributed by atoms with Gasteiger partial charge in [-0.1, -0.05) is 260 Å². The third kappa shape index (κ3) is 55.9. The molecule has 0 aromatic carbocycles. The van der Waals surface area contributed by atoms with Crippen LogP contribution in [0.3, 0.4) is 0 Å². The Morgan fingerprint density at radius 2 is 0.622 bits per heavy atom. The first kappa shape index (κ1) is 80.1. The van der Waals surface area contributed by atoms with Gasteiger partial charge in [-0.05, 0) is 37.5 Å². The van der Waals surface area contributed by atoms with E-state index in [1.165, 1.54) is 122 Å². The number of phosphoric acid groups is 2. The third-order valence-corrected chi connectivity index (χ3v) is 16.7. The van der Waals surface area contributed by atoms with Crippen LogP contribution in [0.2, 0.25) is 0 Å². The lowest BCUT2D eigenvalue weighted by Gasteiger charge is -2.21. The standard InChI is InChI=1S/C63H122O17P2/c1-7-10-12-14-16-18-20-27-33-39-45-60(65)73-51-58(79-62(67)47-41-35-28-21-19-17-15-13-11-8-2)53-77-81(69,70)75-49-57(64)50-76-82(71,72)78-54-59(52-74-61(66)46-40-34-30-24-25-31-37-43-55(4)5)80-63(68)48-42-36-29-23-22-26-32-38-44-56(6)9-3/h55-59,64H,7-54H2,1-6H3,(H,69,70)(H,71,72)/t56?,57-,58+,59+/m0/s1. The zero-order chi connectivity index (χ0) is 60.8. The fourth-order valence-electron chi connectivity index (χ4n) is 9.32. The zero-order valence-electron chi connectivity index (χ0n) is 52.8. The van der Waals surface area contributed by atoms with Crippen LogP contribution in [0.25, 0.3) is 0 Å². The maximum atomic E-state index is 13.0. The first-order chi connectivity index (χ1) is 39.4. The number of esters is 4. The summed E-state index contributed by atoms with van der Waals surface area (Å²) in [5.74, 6) is -0.662. The molecule has 82 heavy (non-hydrogen) atoms. The summed E-state index contributed by atoms with van der Waals surface area (Å²) in [6, 6.07) is 0. The highest BCUT2D eigenvalue weighted by molar-refractivity contribution is 7.47. The average molecular weight is 1210 g/mol. The van der Waals surface area contributed by atoms with E-state index in [2.05, 4.69) is 41.5 Å². The molecule has 0 aliphatic carbocycles. The van der Waals surface area contributed by atoms with Gasteiger partial charge in [-0.3, -0.25) is 37.3 Å². The van der Waals surface area contributed by atoms with Gasteiger partial charge < -0.3 is 33.8 Å². The van der Waals surface area contributed by atoms with Crippen molar-refractivity contribution in [1.82, 2.24) is 0 Å². The molecule has 0 spiro atoms. The molecule has 3 unspecified atom stereocenters. The minimum atomic E-state index is -4.94. The van der Waals surface area contributed by atoms with Crippen LogP contribution in [-0.2, 0) is 65.4 Å². The molecule has 0 saturated heterocycles. The molecule has 19 heteroatoms. The Kier molecular flexibility index (Phi) is 54.3. The SMILES string of the molecule is CCCCCCCCCCCCC(=O)OC[C@H](COP(=O)(O)OC[C@H](O)COP(=O)(O)OC[C@@H](COC(=O)CCCCCCCCCC(C)C)OC(=O)CCCCCCCCCCC(C)CC)OC(=O)CCCCCCCCCCCC. The molecule has 0 aromatic heterocycles. The van der Waals surface area contributed by atoms with Crippen molar-refractivity contribution in [3.63, 3.8) is 0 Å². The normalized spacial score (nSPS) is 14.7. The molecular weight excluding hydrogens is 1090 g/mol. The van der Waals surface area contributed by atoms with Crippen LogP contribution in [0.5, 0.6) is 0 Å². The molecule has 486 valence electrons. The summed E-state index contributed by atoms with van der Waals surface area (Å²) in [6.45, 7) is 9.41. The lowest BCUT2D eigenvalue weighted by atomic mass is 9.99. The fourth-order valence-corrected chi connectivity index (χ4v) is 10.9. The van der Waals surface area contributed by atoms with Gasteiger partial charge in [-0.15, -0.1) is 0 Å². The predicted molar refractivity (Wildman–Crippen MR) is 326 cm³/mol. The summed E-state index contributed by atoms with van der Waals surface area (Å²) in [7, 11) is -9.88. The molecule has 0 bridgehead atoms. The van der Waals surface area contributed by atoms with Crippen molar-refractivity contribution in [2.45, 2.75) is 330 Å². The van der Waals surface area contributed by atoms with Crippen LogP contribution in [0.4, 0.5) is 0 Å². The molecule has 0 radical (unpaired) electrons. The Morgan fingerprint density at radius 3 is 0.927 bits per heavy atom. The number of carbonyl (C=O) groups is 4. The van der Waals surface area contributed by atoms with Crippen LogP contribution in [-0.4, -0.2) is 96.7 Å². The summed E-state index contributed by atoms with van der Waals surface area (Å²) in [5, 5.41) is 10.5. The van der Waals surface area contributed by atoms with E-state index in [0.29, 0.717) is 31.6 Å². The lowest BCUT2D eigenvalue weighted by Crippen LogP contribution is -2.30. The van der Waals surface area contributed by atoms with E-state index in [9.17, 15) is 43.2 Å². The number of hydrogen-bond donors (Lipinski definition) is 3. The average Bonchev–Trinajstić information content (AvgIpc) is 3.44. The van der Waals surface area contributed by atoms with Crippen molar-refractivity contribution in [2.75, 3.05) is 39.6 Å². The highest BCUT2D eigenvalue weighted by atomic mass is 31.2. The second-order valence-corrected chi connectivity index (χ2v) is 26.4. The fraction of sp³-hybridized carbons (Fsp3) is 0.937. The highest BCUT2D eigenvalue weighted by Crippen LogP contribution is 2.45. The summed E-state index contributed by atoms with van der Waals surface area (Å²) in [5.41, 5.74) is 0. The van der Waals surface area contributed by atoms with Crippen LogP contribution < -0.4 is 0 Å². The topological polar surface area (TPSA) is 237 Å². The number of carbonyl (C=O) groups excluding carboxylic acids is 4. The number of rotatable bonds is 62. The first-order valence-electron chi connectivity index (χ1n) is 33.0. The van der Waals surface area contributed by atoms with Crippen molar-refractivity contribution in [2.24, 2.45) is 11.8 Å². The first-order valence-corrected chi connectivity index (χ1v) is 36.0. The van der Waals surface area contributed by atoms with E-state index in [0.717, 1.165) is 102 Å². The van der Waals surface area contributed by atoms with Gasteiger partial charge in [0.25, 0.3) is 0 Å². The van der Waals surface area contributed by atoms with Crippen molar-refractivity contribution in [3.05, 3.63) is 0 Å². The van der Waals surface area contributed by atoms with E-state index in [-0.39, 0.29) is 25.7 Å². The molecule has 17 nitrogen and oxygen atoms in total. The van der Waals surface area contributed by atoms with Crippen LogP contribution in [0.1, 0.15) is 311 Å². The maximum absolute atomic E-state index is 13.0. The minimum Gasteiger partial charge on any atom is -0.462 e. The summed E-state index contributed by atoms with van der Waals surface area (Å²) < 4.78 is 67.9. The van der Waals surface area contributed by atoms with E-state index >= 15 is 0 Å². The quantitative estimate of drug-likeness (QED) is 0.0222. The van der Waals surface area contributed by atoms with Crippen molar-refractivity contribution in [1.29, 1.82) is 0 Å². The molecule has 0 fully saturated rings. The van der Waals surface area contributed by atoms with E-state index in [1.807, 2.05) is 0 Å². The van der Waals surface area contributed by atoms with Gasteiger partial charge in [0.2, 0.25) is 0 Å². The third-order valence-electron chi connectivity index (χ3n) is 14.8. The number of aliphatic hydroxyl groups is 1. The van der Waals surface area contributed by atoms with Gasteiger partial charge in [-0.25, -0.2) is 9.13 Å².